The van der Waals surface area contributed by atoms with Crippen LogP contribution in [-0.2, 0) is 9.59 Å². The topological polar surface area (TPSA) is 66.4 Å². The van der Waals surface area contributed by atoms with Gasteiger partial charge in [-0.1, -0.05) is 0 Å². The highest BCUT2D eigenvalue weighted by molar-refractivity contribution is 8.18. The minimum Gasteiger partial charge on any atom is -0.341 e. The van der Waals surface area contributed by atoms with Crippen LogP contribution < -0.4 is 4.90 Å². The van der Waals surface area contributed by atoms with Crippen molar-refractivity contribution in [2.24, 2.45) is 5.92 Å². The van der Waals surface area contributed by atoms with E-state index in [0.29, 0.717) is 16.5 Å². The molecule has 0 saturated carbocycles. The van der Waals surface area contributed by atoms with E-state index in [2.05, 4.69) is 33.9 Å². The lowest BCUT2D eigenvalue weighted by molar-refractivity contribution is -0.119. The number of hydrogen-bond donors (Lipinski definition) is 0. The lowest BCUT2D eigenvalue weighted by Crippen LogP contribution is -2.38. The highest BCUT2D eigenvalue weighted by Crippen LogP contribution is 2.30. The molecule has 1 aromatic rings. The van der Waals surface area contributed by atoms with Crippen molar-refractivity contribution in [2.45, 2.75) is 19.3 Å². The summed E-state index contributed by atoms with van der Waals surface area (Å²) in [6.07, 6.45) is 5.67. The van der Waals surface area contributed by atoms with Crippen LogP contribution in [0.3, 0.4) is 0 Å². The van der Waals surface area contributed by atoms with Gasteiger partial charge < -0.3 is 9.80 Å². The molecule has 0 radical (unpaired) electrons. The maximum atomic E-state index is 11.7. The number of aromatic nitrogens is 2. The van der Waals surface area contributed by atoms with Crippen LogP contribution in [0.4, 0.5) is 5.95 Å². The highest BCUT2D eigenvalue weighted by atomic mass is 32.2. The van der Waals surface area contributed by atoms with E-state index in [-0.39, 0.29) is 17.3 Å². The lowest BCUT2D eigenvalue weighted by Gasteiger charge is -2.33. The average Bonchev–Trinajstić information content (AvgIpc) is 2.85. The van der Waals surface area contributed by atoms with Crippen LogP contribution in [0.25, 0.3) is 6.08 Å². The van der Waals surface area contributed by atoms with Gasteiger partial charge in [0.05, 0.1) is 17.0 Å². The van der Waals surface area contributed by atoms with Crippen molar-refractivity contribution in [3.63, 3.8) is 0 Å². The molecule has 2 saturated heterocycles. The molecule has 6 nitrogen and oxygen atoms in total. The number of thioether (sulfide) groups is 1. The second-order valence-corrected chi connectivity index (χ2v) is 7.66. The SMILES string of the molecule is CN(C)CC1CCN(c2nccc(/C=C3\SC(=O)CC3=O)n2)CC1. The summed E-state index contributed by atoms with van der Waals surface area (Å²) in [6, 6.07) is 1.77. The zero-order valence-corrected chi connectivity index (χ0v) is 14.9. The van der Waals surface area contributed by atoms with E-state index in [1.807, 2.05) is 0 Å². The molecule has 0 atom stereocenters. The van der Waals surface area contributed by atoms with Crippen molar-refractivity contribution >= 4 is 34.7 Å². The van der Waals surface area contributed by atoms with Crippen LogP contribution in [0, 0.1) is 5.92 Å². The first-order chi connectivity index (χ1) is 11.5. The van der Waals surface area contributed by atoms with Gasteiger partial charge >= 0.3 is 0 Å². The minimum atomic E-state index is -0.116. The van der Waals surface area contributed by atoms with Gasteiger partial charge in [-0.3, -0.25) is 9.59 Å². The largest absolute Gasteiger partial charge is 0.341 e. The summed E-state index contributed by atoms with van der Waals surface area (Å²) >= 11 is 1.01. The number of carbonyl (C=O) groups excluding carboxylic acids is 2. The maximum absolute atomic E-state index is 11.7. The Morgan fingerprint density at radius 3 is 2.71 bits per heavy atom. The fraction of sp³-hybridized carbons (Fsp3) is 0.529. The summed E-state index contributed by atoms with van der Waals surface area (Å²) in [4.78, 5) is 36.9. The number of hydrogen-bond acceptors (Lipinski definition) is 7. The molecule has 3 rings (SSSR count). The van der Waals surface area contributed by atoms with Crippen LogP contribution in [0.15, 0.2) is 17.2 Å². The summed E-state index contributed by atoms with van der Waals surface area (Å²) in [6.45, 7) is 3.02. The first-order valence-corrected chi connectivity index (χ1v) is 9.01. The summed E-state index contributed by atoms with van der Waals surface area (Å²) in [5.74, 6) is 1.31. The van der Waals surface area contributed by atoms with E-state index < -0.39 is 0 Å². The molecule has 0 spiro atoms. The summed E-state index contributed by atoms with van der Waals surface area (Å²) in [5, 5.41) is -0.0940. The first-order valence-electron chi connectivity index (χ1n) is 8.19. The third kappa shape index (κ3) is 4.21. The van der Waals surface area contributed by atoms with Crippen molar-refractivity contribution in [1.29, 1.82) is 0 Å². The van der Waals surface area contributed by atoms with Gasteiger partial charge in [0.25, 0.3) is 0 Å². The molecule has 7 heteroatoms. The molecule has 2 aliphatic heterocycles. The number of rotatable bonds is 4. The molecule has 2 fully saturated rings. The standard InChI is InChI=1S/C17H22N4O2S/c1-20(2)11-12-4-7-21(8-5-12)17-18-6-3-13(19-17)9-15-14(22)10-16(23)24-15/h3,6,9,12H,4-5,7-8,10-11H2,1-2H3/b15-9-. The van der Waals surface area contributed by atoms with E-state index in [1.54, 1.807) is 18.3 Å². The lowest BCUT2D eigenvalue weighted by atomic mass is 9.97. The van der Waals surface area contributed by atoms with Crippen LogP contribution in [0.1, 0.15) is 25.0 Å². The minimum absolute atomic E-state index is 0.00612. The highest BCUT2D eigenvalue weighted by Gasteiger charge is 2.26. The Hall–Kier alpha value is -1.73. The average molecular weight is 346 g/mol. The van der Waals surface area contributed by atoms with E-state index >= 15 is 0 Å². The fourth-order valence-electron chi connectivity index (χ4n) is 3.10. The van der Waals surface area contributed by atoms with Crippen LogP contribution in [0.5, 0.6) is 0 Å². The molecule has 2 aliphatic rings. The fourth-order valence-corrected chi connectivity index (χ4v) is 3.92. The Bertz CT molecular complexity index is 666. The molecule has 0 amide bonds. The predicted octanol–water partition coefficient (Wildman–Crippen LogP) is 1.83. The van der Waals surface area contributed by atoms with Crippen molar-refractivity contribution in [3.05, 3.63) is 22.9 Å². The summed E-state index contributed by atoms with van der Waals surface area (Å²) < 4.78 is 0. The quantitative estimate of drug-likeness (QED) is 0.608. The molecule has 0 N–H and O–H groups in total. The third-order valence-electron chi connectivity index (χ3n) is 4.27. The number of anilines is 1. The Balaban J connectivity index is 1.67. The van der Waals surface area contributed by atoms with Crippen molar-refractivity contribution in [1.82, 2.24) is 14.9 Å². The molecule has 3 heterocycles. The summed E-state index contributed by atoms with van der Waals surface area (Å²) in [5.41, 5.74) is 0.681. The molecule has 0 aliphatic carbocycles. The smallest absolute Gasteiger partial charge is 0.225 e. The van der Waals surface area contributed by atoms with Crippen molar-refractivity contribution < 1.29 is 9.59 Å². The number of nitrogens with zero attached hydrogens (tertiary/aromatic N) is 4. The van der Waals surface area contributed by atoms with E-state index in [9.17, 15) is 9.59 Å². The zero-order chi connectivity index (χ0) is 17.1. The van der Waals surface area contributed by atoms with Crippen LogP contribution in [0.2, 0.25) is 0 Å². The maximum Gasteiger partial charge on any atom is 0.225 e. The normalized spacial score (nSPS) is 21.3. The van der Waals surface area contributed by atoms with Gasteiger partial charge in [0.2, 0.25) is 11.1 Å². The van der Waals surface area contributed by atoms with Gasteiger partial charge in [-0.2, -0.15) is 0 Å². The molecule has 0 unspecified atom stereocenters. The summed E-state index contributed by atoms with van der Waals surface area (Å²) in [7, 11) is 4.22. The molecule has 24 heavy (non-hydrogen) atoms. The second kappa shape index (κ2) is 7.44. The van der Waals surface area contributed by atoms with E-state index in [0.717, 1.165) is 50.2 Å². The van der Waals surface area contributed by atoms with Gasteiger partial charge in [0, 0.05) is 25.8 Å². The van der Waals surface area contributed by atoms with Gasteiger partial charge in [-0.25, -0.2) is 9.97 Å². The molecule has 128 valence electrons. The van der Waals surface area contributed by atoms with Crippen LogP contribution >= 0.6 is 11.8 Å². The van der Waals surface area contributed by atoms with E-state index in [4.69, 9.17) is 0 Å². The number of ketones is 1. The second-order valence-electron chi connectivity index (χ2n) is 6.56. The Morgan fingerprint density at radius 1 is 1.33 bits per heavy atom. The number of piperidine rings is 1. The third-order valence-corrected chi connectivity index (χ3v) is 5.21. The molecular weight excluding hydrogens is 324 g/mol. The number of carbonyl (C=O) groups is 2. The Morgan fingerprint density at radius 2 is 2.08 bits per heavy atom. The van der Waals surface area contributed by atoms with Crippen molar-refractivity contribution in [2.75, 3.05) is 38.6 Å². The number of Topliss-reactive ketones (excluding diaryl/α,β-unsaturated/α-hetero) is 1. The van der Waals surface area contributed by atoms with Gasteiger partial charge in [0.1, 0.15) is 0 Å². The molecule has 0 bridgehead atoms. The Kier molecular flexibility index (Phi) is 5.30. The van der Waals surface area contributed by atoms with Crippen molar-refractivity contribution in [3.8, 4) is 0 Å². The Labute approximate surface area is 146 Å². The number of allylic oxidation sites excluding steroid dienone is 1. The van der Waals surface area contributed by atoms with Gasteiger partial charge in [-0.05, 0) is 56.8 Å². The van der Waals surface area contributed by atoms with Gasteiger partial charge in [-0.15, -0.1) is 0 Å². The van der Waals surface area contributed by atoms with Gasteiger partial charge in [0.15, 0.2) is 5.78 Å². The molecular formula is C17H22N4O2S. The molecule has 1 aromatic heterocycles. The van der Waals surface area contributed by atoms with E-state index in [1.165, 1.54) is 0 Å². The first kappa shape index (κ1) is 17.1. The zero-order valence-electron chi connectivity index (χ0n) is 14.1. The predicted molar refractivity (Wildman–Crippen MR) is 95.7 cm³/mol. The van der Waals surface area contributed by atoms with Crippen LogP contribution in [-0.4, -0.2) is 59.5 Å². The monoisotopic (exact) mass is 346 g/mol. The molecule has 0 aromatic carbocycles.